The Morgan fingerprint density at radius 1 is 1.22 bits per heavy atom. The predicted octanol–water partition coefficient (Wildman–Crippen LogP) is 3.04. The molecule has 0 saturated carbocycles. The van der Waals surface area contributed by atoms with Crippen LogP contribution in [0.2, 0.25) is 0 Å². The van der Waals surface area contributed by atoms with E-state index in [4.69, 9.17) is 9.47 Å². The van der Waals surface area contributed by atoms with Gasteiger partial charge in [0.1, 0.15) is 0 Å². The lowest BCUT2D eigenvalue weighted by molar-refractivity contribution is -0.142. The number of anilines is 1. The fraction of sp³-hybridized carbons (Fsp3) is 0.222. The summed E-state index contributed by atoms with van der Waals surface area (Å²) in [5, 5.41) is 6.09. The van der Waals surface area contributed by atoms with Crippen molar-refractivity contribution in [2.24, 2.45) is 0 Å². The number of thioether (sulfide) groups is 1. The van der Waals surface area contributed by atoms with Gasteiger partial charge in [0, 0.05) is 16.4 Å². The Labute approximate surface area is 164 Å². The third-order valence-electron chi connectivity index (χ3n) is 2.93. The van der Waals surface area contributed by atoms with Gasteiger partial charge in [0.15, 0.2) is 11.7 Å². The first-order chi connectivity index (χ1) is 13.1. The van der Waals surface area contributed by atoms with Crippen LogP contribution in [0.25, 0.3) is 0 Å². The Bertz CT molecular complexity index is 805. The number of hydrogen-bond donors (Lipinski definition) is 1. The minimum Gasteiger partial charge on any atom is -0.466 e. The van der Waals surface area contributed by atoms with E-state index in [2.05, 4.69) is 10.3 Å². The summed E-state index contributed by atoms with van der Waals surface area (Å²) in [5.74, 6) is -1.50. The van der Waals surface area contributed by atoms with Crippen molar-refractivity contribution >= 4 is 46.1 Å². The van der Waals surface area contributed by atoms with Crippen LogP contribution in [-0.2, 0) is 30.3 Å². The van der Waals surface area contributed by atoms with E-state index < -0.39 is 18.5 Å². The number of nitrogens with zero attached hydrogens (tertiary/aromatic N) is 1. The van der Waals surface area contributed by atoms with Crippen molar-refractivity contribution in [3.8, 4) is 0 Å². The van der Waals surface area contributed by atoms with Crippen LogP contribution in [0.4, 0.5) is 5.13 Å². The molecule has 0 aliphatic heterocycles. The molecule has 0 spiro atoms. The summed E-state index contributed by atoms with van der Waals surface area (Å²) in [4.78, 5) is 39.9. The molecule has 2 aromatic rings. The number of nitrogens with one attached hydrogen (secondary N) is 1. The zero-order valence-electron chi connectivity index (χ0n) is 14.5. The maximum absolute atomic E-state index is 11.8. The number of rotatable bonds is 9. The Morgan fingerprint density at radius 3 is 2.74 bits per heavy atom. The van der Waals surface area contributed by atoms with Crippen LogP contribution in [-0.4, -0.2) is 36.0 Å². The molecule has 9 heteroatoms. The lowest BCUT2D eigenvalue weighted by atomic mass is 10.3. The number of thiazole rings is 1. The zero-order valence-corrected chi connectivity index (χ0v) is 16.2. The lowest BCUT2D eigenvalue weighted by Gasteiger charge is -2.02. The van der Waals surface area contributed by atoms with E-state index in [9.17, 15) is 14.4 Å². The van der Waals surface area contributed by atoms with E-state index in [0.717, 1.165) is 4.90 Å². The number of carbonyl (C=O) groups is 3. The molecule has 142 valence electrons. The number of hydrogen-bond acceptors (Lipinski definition) is 8. The summed E-state index contributed by atoms with van der Waals surface area (Å²) in [7, 11) is 0. The predicted molar refractivity (Wildman–Crippen MR) is 103 cm³/mol. The highest BCUT2D eigenvalue weighted by molar-refractivity contribution is 8.02. The van der Waals surface area contributed by atoms with Crippen LogP contribution in [0.3, 0.4) is 0 Å². The maximum Gasteiger partial charge on any atom is 0.331 e. The van der Waals surface area contributed by atoms with Crippen molar-refractivity contribution in [3.05, 3.63) is 52.9 Å². The highest BCUT2D eigenvalue weighted by Crippen LogP contribution is 2.18. The van der Waals surface area contributed by atoms with Crippen molar-refractivity contribution in [1.82, 2.24) is 4.98 Å². The maximum atomic E-state index is 11.8. The third-order valence-corrected chi connectivity index (χ3v) is 4.55. The summed E-state index contributed by atoms with van der Waals surface area (Å²) in [5.41, 5.74) is 0.506. The van der Waals surface area contributed by atoms with Gasteiger partial charge in [0.25, 0.3) is 5.91 Å². The van der Waals surface area contributed by atoms with Crippen molar-refractivity contribution in [2.75, 3.05) is 18.5 Å². The standard InChI is InChI=1S/C18H18N2O5S2/c1-2-24-17(23)10-13-12-27-18(19-13)20-15(21)11-25-16(22)8-9-26-14-6-4-3-5-7-14/h3-9,12H,2,10-11H2,1H3,(H,19,20,21)/b9-8+. The molecule has 0 atom stereocenters. The molecule has 0 aliphatic carbocycles. The molecule has 1 amide bonds. The first-order valence-electron chi connectivity index (χ1n) is 8.01. The van der Waals surface area contributed by atoms with Gasteiger partial charge in [-0.3, -0.25) is 14.9 Å². The van der Waals surface area contributed by atoms with Gasteiger partial charge in [-0.05, 0) is 24.5 Å². The van der Waals surface area contributed by atoms with E-state index >= 15 is 0 Å². The van der Waals surface area contributed by atoms with E-state index in [1.165, 1.54) is 29.2 Å². The third kappa shape index (κ3) is 8.06. The molecule has 0 radical (unpaired) electrons. The SMILES string of the molecule is CCOC(=O)Cc1csc(NC(=O)COC(=O)/C=C/Sc2ccccc2)n1. The van der Waals surface area contributed by atoms with Gasteiger partial charge in [0.05, 0.1) is 18.7 Å². The molecule has 1 aromatic carbocycles. The van der Waals surface area contributed by atoms with Crippen molar-refractivity contribution in [3.63, 3.8) is 0 Å². The largest absolute Gasteiger partial charge is 0.466 e. The molecule has 2 rings (SSSR count). The minimum absolute atomic E-state index is 0.0407. The fourth-order valence-corrected chi connectivity index (χ4v) is 3.19. The fourth-order valence-electron chi connectivity index (χ4n) is 1.81. The Balaban J connectivity index is 1.70. The number of carbonyl (C=O) groups excluding carboxylic acids is 3. The van der Waals surface area contributed by atoms with Gasteiger partial charge < -0.3 is 9.47 Å². The second-order valence-corrected chi connectivity index (χ2v) is 6.85. The average molecular weight is 406 g/mol. The van der Waals surface area contributed by atoms with Crippen molar-refractivity contribution < 1.29 is 23.9 Å². The zero-order chi connectivity index (χ0) is 19.5. The van der Waals surface area contributed by atoms with Crippen molar-refractivity contribution in [1.29, 1.82) is 0 Å². The lowest BCUT2D eigenvalue weighted by Crippen LogP contribution is -2.20. The van der Waals surface area contributed by atoms with Crippen LogP contribution in [0.1, 0.15) is 12.6 Å². The Kier molecular flexibility index (Phi) is 8.53. The van der Waals surface area contributed by atoms with Crippen LogP contribution in [0.15, 0.2) is 52.1 Å². The van der Waals surface area contributed by atoms with Gasteiger partial charge in [-0.1, -0.05) is 30.0 Å². The van der Waals surface area contributed by atoms with Crippen LogP contribution >= 0.6 is 23.1 Å². The van der Waals surface area contributed by atoms with Gasteiger partial charge in [-0.2, -0.15) is 0 Å². The number of amides is 1. The smallest absolute Gasteiger partial charge is 0.331 e. The molecule has 7 nitrogen and oxygen atoms in total. The normalized spacial score (nSPS) is 10.6. The number of aromatic nitrogens is 1. The van der Waals surface area contributed by atoms with Crippen LogP contribution < -0.4 is 5.32 Å². The van der Waals surface area contributed by atoms with E-state index in [1.807, 2.05) is 30.3 Å². The first-order valence-corrected chi connectivity index (χ1v) is 9.77. The van der Waals surface area contributed by atoms with Gasteiger partial charge in [-0.25, -0.2) is 9.78 Å². The molecule has 0 fully saturated rings. The summed E-state index contributed by atoms with van der Waals surface area (Å²) >= 11 is 2.54. The van der Waals surface area contributed by atoms with Gasteiger partial charge >= 0.3 is 11.9 Å². The molecular weight excluding hydrogens is 388 g/mol. The molecular formula is C18H18N2O5S2. The molecule has 1 aromatic heterocycles. The molecule has 0 saturated heterocycles. The first kappa shape index (κ1) is 20.7. The van der Waals surface area contributed by atoms with E-state index in [1.54, 1.807) is 17.7 Å². The van der Waals surface area contributed by atoms with Crippen LogP contribution in [0.5, 0.6) is 0 Å². The summed E-state index contributed by atoms with van der Waals surface area (Å²) in [6.45, 7) is 1.60. The molecule has 1 heterocycles. The monoisotopic (exact) mass is 406 g/mol. The Morgan fingerprint density at radius 2 is 2.00 bits per heavy atom. The van der Waals surface area contributed by atoms with Crippen LogP contribution in [0, 0.1) is 0 Å². The second kappa shape index (κ2) is 11.1. The topological polar surface area (TPSA) is 94.6 Å². The van der Waals surface area contributed by atoms with Gasteiger partial charge in [-0.15, -0.1) is 11.3 Å². The number of esters is 2. The highest BCUT2D eigenvalue weighted by atomic mass is 32.2. The minimum atomic E-state index is -0.615. The highest BCUT2D eigenvalue weighted by Gasteiger charge is 2.11. The summed E-state index contributed by atoms with van der Waals surface area (Å²) < 4.78 is 9.70. The molecule has 0 unspecified atom stereocenters. The van der Waals surface area contributed by atoms with Gasteiger partial charge in [0.2, 0.25) is 0 Å². The number of ether oxygens (including phenoxy) is 2. The quantitative estimate of drug-likeness (QED) is 0.388. The van der Waals surface area contributed by atoms with E-state index in [0.29, 0.717) is 17.4 Å². The average Bonchev–Trinajstić information content (AvgIpc) is 3.07. The Hall–Kier alpha value is -2.65. The molecule has 27 heavy (non-hydrogen) atoms. The molecule has 1 N–H and O–H groups in total. The van der Waals surface area contributed by atoms with Crippen molar-refractivity contribution in [2.45, 2.75) is 18.2 Å². The summed E-state index contributed by atoms with van der Waals surface area (Å²) in [6.07, 6.45) is 1.30. The summed E-state index contributed by atoms with van der Waals surface area (Å²) in [6, 6.07) is 9.53. The molecule has 0 aliphatic rings. The number of benzene rings is 1. The second-order valence-electron chi connectivity index (χ2n) is 5.02. The van der Waals surface area contributed by atoms with E-state index in [-0.39, 0.29) is 12.4 Å². The molecule has 0 bridgehead atoms.